The molecule has 6 heteroatoms. The van der Waals surface area contributed by atoms with Crippen molar-refractivity contribution in [2.24, 2.45) is 5.10 Å². The number of hydrogen-bond acceptors (Lipinski definition) is 4. The molecule has 2 N–H and O–H groups in total. The SMILES string of the molecule is CC(=O)NN=C(C)CC(=O)Nc1ccccn1. The fourth-order valence-electron chi connectivity index (χ4n) is 1.07. The van der Waals surface area contributed by atoms with Crippen LogP contribution in [0.1, 0.15) is 20.3 Å². The van der Waals surface area contributed by atoms with Gasteiger partial charge in [0.25, 0.3) is 0 Å². The lowest BCUT2D eigenvalue weighted by molar-refractivity contribution is -0.119. The first-order valence-corrected chi connectivity index (χ1v) is 5.08. The first-order chi connectivity index (χ1) is 8.08. The van der Waals surface area contributed by atoms with Gasteiger partial charge in [0.15, 0.2) is 0 Å². The molecule has 17 heavy (non-hydrogen) atoms. The molecule has 0 spiro atoms. The first kappa shape index (κ1) is 12.8. The van der Waals surface area contributed by atoms with Crippen LogP contribution < -0.4 is 10.7 Å². The summed E-state index contributed by atoms with van der Waals surface area (Å²) < 4.78 is 0. The third kappa shape index (κ3) is 5.41. The van der Waals surface area contributed by atoms with E-state index in [2.05, 4.69) is 20.8 Å². The van der Waals surface area contributed by atoms with E-state index in [0.717, 1.165) is 0 Å². The van der Waals surface area contributed by atoms with Crippen LogP contribution in [0.2, 0.25) is 0 Å². The van der Waals surface area contributed by atoms with Crippen LogP contribution in [0.5, 0.6) is 0 Å². The molecule has 90 valence electrons. The topological polar surface area (TPSA) is 83.5 Å². The molecule has 0 saturated carbocycles. The molecule has 0 saturated heterocycles. The zero-order chi connectivity index (χ0) is 12.7. The number of anilines is 1. The van der Waals surface area contributed by atoms with Crippen molar-refractivity contribution in [2.75, 3.05) is 5.32 Å². The van der Waals surface area contributed by atoms with Crippen molar-refractivity contribution in [3.05, 3.63) is 24.4 Å². The molecule has 1 rings (SSSR count). The highest BCUT2D eigenvalue weighted by atomic mass is 16.2. The van der Waals surface area contributed by atoms with Gasteiger partial charge < -0.3 is 5.32 Å². The van der Waals surface area contributed by atoms with Gasteiger partial charge >= 0.3 is 0 Å². The summed E-state index contributed by atoms with van der Waals surface area (Å²) in [5.41, 5.74) is 2.79. The maximum absolute atomic E-state index is 11.5. The molecule has 0 bridgehead atoms. The number of pyridine rings is 1. The van der Waals surface area contributed by atoms with Gasteiger partial charge in [0.1, 0.15) is 5.82 Å². The molecule has 1 heterocycles. The molecular weight excluding hydrogens is 220 g/mol. The molecule has 2 amide bonds. The zero-order valence-corrected chi connectivity index (χ0v) is 9.73. The second kappa shape index (κ2) is 6.37. The Bertz CT molecular complexity index is 428. The molecule has 0 aliphatic carbocycles. The number of rotatable bonds is 4. The Morgan fingerprint density at radius 3 is 2.71 bits per heavy atom. The summed E-state index contributed by atoms with van der Waals surface area (Å²) in [5, 5.41) is 6.36. The molecule has 0 aromatic carbocycles. The third-order valence-electron chi connectivity index (χ3n) is 1.75. The van der Waals surface area contributed by atoms with E-state index in [1.54, 1.807) is 31.3 Å². The van der Waals surface area contributed by atoms with E-state index in [4.69, 9.17) is 0 Å². The van der Waals surface area contributed by atoms with Gasteiger partial charge in [-0.05, 0) is 19.1 Å². The Labute approximate surface area is 99.1 Å². The Morgan fingerprint density at radius 2 is 2.12 bits per heavy atom. The van der Waals surface area contributed by atoms with E-state index in [-0.39, 0.29) is 18.2 Å². The fraction of sp³-hybridized carbons (Fsp3) is 0.273. The Balaban J connectivity index is 2.45. The summed E-state index contributed by atoms with van der Waals surface area (Å²) in [6.07, 6.45) is 1.70. The average molecular weight is 234 g/mol. The van der Waals surface area contributed by atoms with Crippen LogP contribution in [0.3, 0.4) is 0 Å². The van der Waals surface area contributed by atoms with E-state index >= 15 is 0 Å². The van der Waals surface area contributed by atoms with Crippen molar-refractivity contribution < 1.29 is 9.59 Å². The molecule has 0 fully saturated rings. The number of hydrazone groups is 1. The number of amides is 2. The van der Waals surface area contributed by atoms with Crippen LogP contribution in [0.4, 0.5) is 5.82 Å². The molecule has 0 aliphatic heterocycles. The highest BCUT2D eigenvalue weighted by Gasteiger charge is 2.04. The first-order valence-electron chi connectivity index (χ1n) is 5.08. The lowest BCUT2D eigenvalue weighted by atomic mass is 10.3. The van der Waals surface area contributed by atoms with Gasteiger partial charge in [-0.2, -0.15) is 5.10 Å². The van der Waals surface area contributed by atoms with Gasteiger partial charge in [-0.3, -0.25) is 9.59 Å². The molecule has 0 radical (unpaired) electrons. The lowest BCUT2D eigenvalue weighted by Gasteiger charge is -2.03. The van der Waals surface area contributed by atoms with E-state index in [0.29, 0.717) is 11.5 Å². The van der Waals surface area contributed by atoms with Crippen LogP contribution in [0.25, 0.3) is 0 Å². The summed E-state index contributed by atoms with van der Waals surface area (Å²) in [6, 6.07) is 5.23. The predicted molar refractivity (Wildman–Crippen MR) is 64.4 cm³/mol. The second-order valence-corrected chi connectivity index (χ2v) is 3.45. The zero-order valence-electron chi connectivity index (χ0n) is 9.73. The van der Waals surface area contributed by atoms with Crippen molar-refractivity contribution in [1.82, 2.24) is 10.4 Å². The molecule has 1 aromatic rings. The van der Waals surface area contributed by atoms with Crippen molar-refractivity contribution in [1.29, 1.82) is 0 Å². The minimum absolute atomic E-state index is 0.108. The maximum atomic E-state index is 11.5. The van der Waals surface area contributed by atoms with E-state index in [9.17, 15) is 9.59 Å². The van der Waals surface area contributed by atoms with Crippen LogP contribution in [-0.2, 0) is 9.59 Å². The van der Waals surface area contributed by atoms with Gasteiger partial charge in [0.2, 0.25) is 11.8 Å². The van der Waals surface area contributed by atoms with Gasteiger partial charge in [0.05, 0.1) is 6.42 Å². The van der Waals surface area contributed by atoms with E-state index < -0.39 is 0 Å². The highest BCUT2D eigenvalue weighted by molar-refractivity contribution is 6.05. The van der Waals surface area contributed by atoms with Crippen LogP contribution in [-0.4, -0.2) is 22.5 Å². The van der Waals surface area contributed by atoms with E-state index in [1.165, 1.54) is 6.92 Å². The maximum Gasteiger partial charge on any atom is 0.236 e. The lowest BCUT2D eigenvalue weighted by Crippen LogP contribution is -2.19. The van der Waals surface area contributed by atoms with Crippen LogP contribution >= 0.6 is 0 Å². The van der Waals surface area contributed by atoms with Crippen molar-refractivity contribution in [2.45, 2.75) is 20.3 Å². The summed E-state index contributed by atoms with van der Waals surface area (Å²) in [6.45, 7) is 3.01. The predicted octanol–water partition coefficient (Wildman–Crippen LogP) is 0.922. The normalized spacial score (nSPS) is 10.8. The quantitative estimate of drug-likeness (QED) is 0.600. The smallest absolute Gasteiger partial charge is 0.236 e. The molecule has 6 nitrogen and oxygen atoms in total. The highest BCUT2D eigenvalue weighted by Crippen LogP contribution is 2.00. The van der Waals surface area contributed by atoms with Crippen LogP contribution in [0.15, 0.2) is 29.5 Å². The Morgan fingerprint density at radius 1 is 1.35 bits per heavy atom. The molecule has 1 aromatic heterocycles. The summed E-state index contributed by atoms with van der Waals surface area (Å²) >= 11 is 0. The van der Waals surface area contributed by atoms with Gasteiger partial charge in [-0.25, -0.2) is 10.4 Å². The van der Waals surface area contributed by atoms with E-state index in [1.807, 2.05) is 0 Å². The average Bonchev–Trinajstić information content (AvgIpc) is 2.27. The molecular formula is C11H14N4O2. The van der Waals surface area contributed by atoms with Gasteiger partial charge in [-0.15, -0.1) is 0 Å². The van der Waals surface area contributed by atoms with Gasteiger partial charge in [0, 0.05) is 18.8 Å². The number of nitrogens with one attached hydrogen (secondary N) is 2. The minimum Gasteiger partial charge on any atom is -0.310 e. The van der Waals surface area contributed by atoms with Crippen molar-refractivity contribution in [3.63, 3.8) is 0 Å². The third-order valence-corrected chi connectivity index (χ3v) is 1.75. The Kier molecular flexibility index (Phi) is 4.80. The second-order valence-electron chi connectivity index (χ2n) is 3.45. The van der Waals surface area contributed by atoms with Crippen molar-refractivity contribution >= 4 is 23.3 Å². The number of aromatic nitrogens is 1. The minimum atomic E-state index is -0.269. The molecule has 0 atom stereocenters. The molecule has 0 aliphatic rings. The summed E-state index contributed by atoms with van der Waals surface area (Å²) in [5.74, 6) is -0.00499. The Hall–Kier alpha value is -2.24. The number of nitrogens with zero attached hydrogens (tertiary/aromatic N) is 2. The number of hydrogen-bond donors (Lipinski definition) is 2. The summed E-state index contributed by atoms with van der Waals surface area (Å²) in [4.78, 5) is 26.1. The van der Waals surface area contributed by atoms with Crippen LogP contribution in [0, 0.1) is 0 Å². The standard InChI is InChI=1S/C11H14N4O2/c1-8(14-15-9(2)16)7-11(17)13-10-5-3-4-6-12-10/h3-6H,7H2,1-2H3,(H,15,16)(H,12,13,17). The number of carbonyl (C=O) groups is 2. The van der Waals surface area contributed by atoms with Gasteiger partial charge in [-0.1, -0.05) is 6.07 Å². The molecule has 0 unspecified atom stereocenters. The number of carbonyl (C=O) groups excluding carboxylic acids is 2. The van der Waals surface area contributed by atoms with Crippen molar-refractivity contribution in [3.8, 4) is 0 Å². The monoisotopic (exact) mass is 234 g/mol. The summed E-state index contributed by atoms with van der Waals surface area (Å²) in [7, 11) is 0. The fourth-order valence-corrected chi connectivity index (χ4v) is 1.07. The largest absolute Gasteiger partial charge is 0.310 e.